The third-order valence-electron chi connectivity index (χ3n) is 3.30. The van der Waals surface area contributed by atoms with Gasteiger partial charge in [-0.1, -0.05) is 35.9 Å². The lowest BCUT2D eigenvalue weighted by molar-refractivity contribution is 0.212. The number of aliphatic hydroxyl groups excluding tert-OH is 1. The molecule has 0 amide bonds. The molecule has 1 unspecified atom stereocenters. The smallest absolute Gasteiger partial charge is 0.123 e. The predicted octanol–water partition coefficient (Wildman–Crippen LogP) is 3.19. The van der Waals surface area contributed by atoms with Gasteiger partial charge in [-0.2, -0.15) is 5.10 Å². The molecule has 0 saturated carbocycles. The summed E-state index contributed by atoms with van der Waals surface area (Å²) in [7, 11) is 0. The number of rotatable bonds is 3. The van der Waals surface area contributed by atoms with Crippen molar-refractivity contribution in [1.29, 1.82) is 0 Å². The van der Waals surface area contributed by atoms with E-state index in [2.05, 4.69) is 5.10 Å². The summed E-state index contributed by atoms with van der Waals surface area (Å²) < 4.78 is 1.69. The summed E-state index contributed by atoms with van der Waals surface area (Å²) in [4.78, 5) is 0. The lowest BCUT2D eigenvalue weighted by Gasteiger charge is -2.15. The Balaban J connectivity index is 2.03. The van der Waals surface area contributed by atoms with E-state index in [1.165, 1.54) is 0 Å². The second-order valence-corrected chi connectivity index (χ2v) is 5.12. The van der Waals surface area contributed by atoms with E-state index >= 15 is 0 Å². The van der Waals surface area contributed by atoms with Crippen molar-refractivity contribution in [2.24, 2.45) is 0 Å². The Bertz CT molecular complexity index is 755. The molecule has 0 aliphatic carbocycles. The summed E-state index contributed by atoms with van der Waals surface area (Å²) in [5.74, 6) is 0. The van der Waals surface area contributed by atoms with Crippen LogP contribution in [0.15, 0.2) is 60.8 Å². The topological polar surface area (TPSA) is 64.1 Å². The van der Waals surface area contributed by atoms with Crippen molar-refractivity contribution in [3.8, 4) is 5.69 Å². The molecule has 106 valence electrons. The number of para-hydroxylation sites is 1. The van der Waals surface area contributed by atoms with E-state index < -0.39 is 6.10 Å². The van der Waals surface area contributed by atoms with Crippen LogP contribution in [0.25, 0.3) is 5.69 Å². The molecule has 3 N–H and O–H groups in total. The highest BCUT2D eigenvalue weighted by molar-refractivity contribution is 6.30. The van der Waals surface area contributed by atoms with Crippen LogP contribution in [0.4, 0.5) is 5.69 Å². The van der Waals surface area contributed by atoms with E-state index in [-0.39, 0.29) is 0 Å². The van der Waals surface area contributed by atoms with Crippen LogP contribution in [0.3, 0.4) is 0 Å². The molecule has 2 aromatic carbocycles. The highest BCUT2D eigenvalue weighted by Gasteiger charge is 2.18. The lowest BCUT2D eigenvalue weighted by atomic mass is 10.0. The Labute approximate surface area is 127 Å². The zero-order valence-corrected chi connectivity index (χ0v) is 11.9. The standard InChI is InChI=1S/C16H14ClN3O/c17-11-6-7-13(14(18)10-11)16(21)15-8-9-19-20(15)12-4-2-1-3-5-12/h1-10,16,21H,18H2. The number of hydrogen-bond acceptors (Lipinski definition) is 3. The summed E-state index contributed by atoms with van der Waals surface area (Å²) >= 11 is 5.89. The van der Waals surface area contributed by atoms with Crippen molar-refractivity contribution < 1.29 is 5.11 Å². The molecule has 21 heavy (non-hydrogen) atoms. The van der Waals surface area contributed by atoms with Gasteiger partial charge in [-0.3, -0.25) is 0 Å². The van der Waals surface area contributed by atoms with Gasteiger partial charge in [0, 0.05) is 22.5 Å². The molecule has 0 aliphatic rings. The fourth-order valence-electron chi connectivity index (χ4n) is 2.26. The van der Waals surface area contributed by atoms with Gasteiger partial charge in [-0.05, 0) is 30.3 Å². The minimum Gasteiger partial charge on any atom is -0.398 e. The van der Waals surface area contributed by atoms with Gasteiger partial charge in [0.1, 0.15) is 6.10 Å². The number of nitrogens with two attached hydrogens (primary N) is 1. The van der Waals surface area contributed by atoms with Crippen LogP contribution in [-0.4, -0.2) is 14.9 Å². The Hall–Kier alpha value is -2.30. The fourth-order valence-corrected chi connectivity index (χ4v) is 2.44. The van der Waals surface area contributed by atoms with Gasteiger partial charge >= 0.3 is 0 Å². The highest BCUT2D eigenvalue weighted by Crippen LogP contribution is 2.29. The van der Waals surface area contributed by atoms with Crippen LogP contribution in [0.5, 0.6) is 0 Å². The first-order chi connectivity index (χ1) is 10.2. The SMILES string of the molecule is Nc1cc(Cl)ccc1C(O)c1ccnn1-c1ccccc1. The van der Waals surface area contributed by atoms with E-state index in [0.717, 1.165) is 5.69 Å². The third kappa shape index (κ3) is 2.63. The number of nitrogen functional groups attached to an aromatic ring is 1. The maximum Gasteiger partial charge on any atom is 0.123 e. The predicted molar refractivity (Wildman–Crippen MR) is 83.5 cm³/mol. The van der Waals surface area contributed by atoms with E-state index in [0.29, 0.717) is 22.0 Å². The van der Waals surface area contributed by atoms with Crippen molar-refractivity contribution in [3.05, 3.63) is 77.1 Å². The van der Waals surface area contributed by atoms with Crippen molar-refractivity contribution in [2.45, 2.75) is 6.10 Å². The Morgan fingerprint density at radius 1 is 1.10 bits per heavy atom. The van der Waals surface area contributed by atoms with Crippen LogP contribution >= 0.6 is 11.6 Å². The van der Waals surface area contributed by atoms with Crippen molar-refractivity contribution >= 4 is 17.3 Å². The van der Waals surface area contributed by atoms with Crippen LogP contribution < -0.4 is 5.73 Å². The van der Waals surface area contributed by atoms with Gasteiger partial charge in [-0.25, -0.2) is 4.68 Å². The third-order valence-corrected chi connectivity index (χ3v) is 3.53. The van der Waals surface area contributed by atoms with Gasteiger partial charge < -0.3 is 10.8 Å². The monoisotopic (exact) mass is 299 g/mol. The first-order valence-electron chi connectivity index (χ1n) is 6.49. The molecule has 3 aromatic rings. The largest absolute Gasteiger partial charge is 0.398 e. The Morgan fingerprint density at radius 3 is 2.57 bits per heavy atom. The first kappa shape index (κ1) is 13.7. The number of hydrogen-bond donors (Lipinski definition) is 2. The molecule has 0 aliphatic heterocycles. The molecule has 1 aromatic heterocycles. The summed E-state index contributed by atoms with van der Waals surface area (Å²) in [6.07, 6.45) is 0.780. The van der Waals surface area contributed by atoms with Gasteiger partial charge in [-0.15, -0.1) is 0 Å². The average molecular weight is 300 g/mol. The summed E-state index contributed by atoms with van der Waals surface area (Å²) in [6.45, 7) is 0. The number of aliphatic hydroxyl groups is 1. The molecule has 3 rings (SSSR count). The van der Waals surface area contributed by atoms with Crippen molar-refractivity contribution in [3.63, 3.8) is 0 Å². The quantitative estimate of drug-likeness (QED) is 0.730. The van der Waals surface area contributed by atoms with E-state index in [1.807, 2.05) is 30.3 Å². The molecule has 0 saturated heterocycles. The maximum atomic E-state index is 10.6. The first-order valence-corrected chi connectivity index (χ1v) is 6.87. The van der Waals surface area contributed by atoms with E-state index in [4.69, 9.17) is 17.3 Å². The second kappa shape index (κ2) is 5.60. The van der Waals surface area contributed by atoms with Gasteiger partial charge in [0.25, 0.3) is 0 Å². The molecule has 0 bridgehead atoms. The number of aromatic nitrogens is 2. The average Bonchev–Trinajstić information content (AvgIpc) is 2.97. The fraction of sp³-hybridized carbons (Fsp3) is 0.0625. The molecule has 5 heteroatoms. The number of anilines is 1. The summed E-state index contributed by atoms with van der Waals surface area (Å²) in [6, 6.07) is 16.5. The zero-order valence-electron chi connectivity index (χ0n) is 11.1. The molecule has 1 heterocycles. The van der Waals surface area contributed by atoms with Crippen LogP contribution in [0.1, 0.15) is 17.4 Å². The summed E-state index contributed by atoms with van der Waals surface area (Å²) in [5, 5.41) is 15.4. The zero-order chi connectivity index (χ0) is 14.8. The molecular weight excluding hydrogens is 286 g/mol. The molecule has 0 spiro atoms. The Morgan fingerprint density at radius 2 is 1.86 bits per heavy atom. The molecule has 1 atom stereocenters. The number of nitrogens with zero attached hydrogens (tertiary/aromatic N) is 2. The number of halogens is 1. The normalized spacial score (nSPS) is 12.3. The highest BCUT2D eigenvalue weighted by atomic mass is 35.5. The van der Waals surface area contributed by atoms with Crippen LogP contribution in [-0.2, 0) is 0 Å². The van der Waals surface area contributed by atoms with E-state index in [9.17, 15) is 5.11 Å². The van der Waals surface area contributed by atoms with Gasteiger partial charge in [0.2, 0.25) is 0 Å². The molecular formula is C16H14ClN3O. The summed E-state index contributed by atoms with van der Waals surface area (Å²) in [5.41, 5.74) is 8.53. The Kier molecular flexibility index (Phi) is 3.64. The molecule has 0 fully saturated rings. The van der Waals surface area contributed by atoms with Crippen molar-refractivity contribution in [2.75, 3.05) is 5.73 Å². The van der Waals surface area contributed by atoms with E-state index in [1.54, 1.807) is 35.1 Å². The van der Waals surface area contributed by atoms with Gasteiger partial charge in [0.15, 0.2) is 0 Å². The lowest BCUT2D eigenvalue weighted by Crippen LogP contribution is -2.10. The van der Waals surface area contributed by atoms with Crippen LogP contribution in [0, 0.1) is 0 Å². The van der Waals surface area contributed by atoms with Gasteiger partial charge in [0.05, 0.1) is 11.4 Å². The molecule has 4 nitrogen and oxygen atoms in total. The number of benzene rings is 2. The molecule has 0 radical (unpaired) electrons. The second-order valence-electron chi connectivity index (χ2n) is 4.68. The minimum absolute atomic E-state index is 0.454. The maximum absolute atomic E-state index is 10.6. The van der Waals surface area contributed by atoms with Crippen LogP contribution in [0.2, 0.25) is 5.02 Å². The van der Waals surface area contributed by atoms with Crippen molar-refractivity contribution in [1.82, 2.24) is 9.78 Å². The minimum atomic E-state index is -0.870.